The van der Waals surface area contributed by atoms with E-state index < -0.39 is 4.92 Å². The molecule has 2 fully saturated rings. The minimum Gasteiger partial charge on any atom is -0.495 e. The molecule has 7 heteroatoms. The third-order valence-electron chi connectivity index (χ3n) is 5.57. The molecule has 2 aliphatic carbocycles. The van der Waals surface area contributed by atoms with Gasteiger partial charge in [0, 0.05) is 37.7 Å². The lowest BCUT2D eigenvalue weighted by atomic mass is 9.89. The van der Waals surface area contributed by atoms with Crippen LogP contribution in [-0.4, -0.2) is 42.0 Å². The summed E-state index contributed by atoms with van der Waals surface area (Å²) in [6, 6.07) is 4.85. The topological polar surface area (TPSA) is 84.7 Å². The highest BCUT2D eigenvalue weighted by Crippen LogP contribution is 2.32. The Kier molecular flexibility index (Phi) is 6.66. The lowest BCUT2D eigenvalue weighted by Crippen LogP contribution is -2.35. The molecule has 1 amide bonds. The highest BCUT2D eigenvalue weighted by molar-refractivity contribution is 5.92. The number of methoxy groups -OCH3 is 1. The predicted molar refractivity (Wildman–Crippen MR) is 104 cm³/mol. The molecule has 1 aromatic rings. The van der Waals surface area contributed by atoms with Gasteiger partial charge in [-0.15, -0.1) is 0 Å². The molecule has 0 radical (unpaired) electrons. The summed E-state index contributed by atoms with van der Waals surface area (Å²) in [6.07, 6.45) is 9.47. The van der Waals surface area contributed by atoms with Crippen LogP contribution in [0.25, 0.3) is 0 Å². The van der Waals surface area contributed by atoms with E-state index in [2.05, 4.69) is 10.2 Å². The first kappa shape index (κ1) is 19.6. The normalized spacial score (nSPS) is 17.7. The first-order valence-corrected chi connectivity index (χ1v) is 9.93. The maximum absolute atomic E-state index is 12.4. The predicted octanol–water partition coefficient (Wildman–Crippen LogP) is 3.98. The number of benzene rings is 1. The fraction of sp³-hybridized carbons (Fsp3) is 0.650. The number of nitrogens with one attached hydrogen (secondary N) is 1. The quantitative estimate of drug-likeness (QED) is 0.521. The zero-order chi connectivity index (χ0) is 19.2. The van der Waals surface area contributed by atoms with Gasteiger partial charge in [0.1, 0.15) is 5.75 Å². The van der Waals surface area contributed by atoms with Crippen molar-refractivity contribution in [3.8, 4) is 5.75 Å². The first-order valence-electron chi connectivity index (χ1n) is 9.93. The Morgan fingerprint density at radius 2 is 2.00 bits per heavy atom. The van der Waals surface area contributed by atoms with Crippen LogP contribution in [0, 0.1) is 16.0 Å². The zero-order valence-corrected chi connectivity index (χ0v) is 16.0. The van der Waals surface area contributed by atoms with Crippen LogP contribution in [0.3, 0.4) is 0 Å². The molecule has 3 rings (SSSR count). The monoisotopic (exact) mass is 375 g/mol. The van der Waals surface area contributed by atoms with Gasteiger partial charge >= 0.3 is 0 Å². The molecule has 0 bridgehead atoms. The van der Waals surface area contributed by atoms with Gasteiger partial charge in [-0.05, 0) is 37.7 Å². The molecule has 27 heavy (non-hydrogen) atoms. The van der Waals surface area contributed by atoms with E-state index in [0.717, 1.165) is 19.0 Å². The van der Waals surface area contributed by atoms with Gasteiger partial charge in [-0.3, -0.25) is 19.8 Å². The lowest BCUT2D eigenvalue weighted by Gasteiger charge is -2.29. The molecule has 0 atom stereocenters. The number of nitro benzene ring substituents is 1. The maximum atomic E-state index is 12.4. The van der Waals surface area contributed by atoms with Crippen LogP contribution in [0.1, 0.15) is 51.4 Å². The van der Waals surface area contributed by atoms with Gasteiger partial charge in [0.05, 0.1) is 17.7 Å². The fourth-order valence-corrected chi connectivity index (χ4v) is 3.93. The first-order chi connectivity index (χ1) is 13.1. The van der Waals surface area contributed by atoms with E-state index in [1.807, 2.05) is 0 Å². The minimum atomic E-state index is -0.478. The third kappa shape index (κ3) is 5.66. The standard InChI is InChI=1S/C20H29N3O4/c1-27-19-10-9-17(23(25)26)13-18(19)21-20(24)11-12-22(16-7-8-16)14-15-5-3-2-4-6-15/h9-10,13,15-16H,2-8,11-12,14H2,1H3,(H,21,24). The lowest BCUT2D eigenvalue weighted by molar-refractivity contribution is -0.384. The van der Waals surface area contributed by atoms with E-state index in [0.29, 0.717) is 23.9 Å². The minimum absolute atomic E-state index is 0.0667. The van der Waals surface area contributed by atoms with Crippen molar-refractivity contribution >= 4 is 17.3 Å². The summed E-state index contributed by atoms with van der Waals surface area (Å²) in [5.41, 5.74) is 0.282. The van der Waals surface area contributed by atoms with Crippen molar-refractivity contribution in [3.05, 3.63) is 28.3 Å². The van der Waals surface area contributed by atoms with Crippen LogP contribution in [0.15, 0.2) is 18.2 Å². The highest BCUT2D eigenvalue weighted by atomic mass is 16.6. The smallest absolute Gasteiger partial charge is 0.271 e. The van der Waals surface area contributed by atoms with Gasteiger partial charge in [0.2, 0.25) is 5.91 Å². The number of hydrogen-bond acceptors (Lipinski definition) is 5. The van der Waals surface area contributed by atoms with Crippen molar-refractivity contribution in [1.29, 1.82) is 0 Å². The third-order valence-corrected chi connectivity index (χ3v) is 5.57. The van der Waals surface area contributed by atoms with Crippen molar-refractivity contribution in [2.24, 2.45) is 5.92 Å². The number of anilines is 1. The second kappa shape index (κ2) is 9.17. The van der Waals surface area contributed by atoms with E-state index in [4.69, 9.17) is 4.74 Å². The van der Waals surface area contributed by atoms with Gasteiger partial charge in [0.15, 0.2) is 0 Å². The maximum Gasteiger partial charge on any atom is 0.271 e. The highest BCUT2D eigenvalue weighted by Gasteiger charge is 2.31. The summed E-state index contributed by atoms with van der Waals surface area (Å²) >= 11 is 0. The van der Waals surface area contributed by atoms with Crippen molar-refractivity contribution < 1.29 is 14.5 Å². The van der Waals surface area contributed by atoms with Crippen LogP contribution in [0.5, 0.6) is 5.75 Å². The SMILES string of the molecule is COc1ccc([N+](=O)[O-])cc1NC(=O)CCN(CC1CCCCC1)C1CC1. The zero-order valence-electron chi connectivity index (χ0n) is 16.0. The number of hydrogen-bond donors (Lipinski definition) is 1. The Hall–Kier alpha value is -2.15. The van der Waals surface area contributed by atoms with Gasteiger partial charge in [-0.25, -0.2) is 0 Å². The summed E-state index contributed by atoms with van der Waals surface area (Å²) in [7, 11) is 1.48. The fourth-order valence-electron chi connectivity index (χ4n) is 3.93. The summed E-state index contributed by atoms with van der Waals surface area (Å²) < 4.78 is 5.21. The Labute approximate surface area is 160 Å². The van der Waals surface area contributed by atoms with Crippen LogP contribution in [0.4, 0.5) is 11.4 Å². The second-order valence-electron chi connectivity index (χ2n) is 7.67. The molecule has 1 N–H and O–H groups in total. The Bertz CT molecular complexity index is 669. The summed E-state index contributed by atoms with van der Waals surface area (Å²) in [6.45, 7) is 1.84. The Balaban J connectivity index is 1.55. The van der Waals surface area contributed by atoms with Gasteiger partial charge in [0.25, 0.3) is 5.69 Å². The summed E-state index contributed by atoms with van der Waals surface area (Å²) in [5.74, 6) is 1.05. The molecule has 0 aromatic heterocycles. The Morgan fingerprint density at radius 1 is 1.26 bits per heavy atom. The average Bonchev–Trinajstić information content (AvgIpc) is 3.51. The molecule has 1 aromatic carbocycles. The van der Waals surface area contributed by atoms with Crippen LogP contribution < -0.4 is 10.1 Å². The van der Waals surface area contributed by atoms with Crippen molar-refractivity contribution in [1.82, 2.24) is 4.90 Å². The van der Waals surface area contributed by atoms with Gasteiger partial charge in [-0.1, -0.05) is 19.3 Å². The molecule has 0 unspecified atom stereocenters. The van der Waals surface area contributed by atoms with Crippen LogP contribution >= 0.6 is 0 Å². The molecule has 2 aliphatic rings. The van der Waals surface area contributed by atoms with E-state index >= 15 is 0 Å². The molecule has 0 spiro atoms. The van der Waals surface area contributed by atoms with Crippen molar-refractivity contribution in [2.45, 2.75) is 57.4 Å². The van der Waals surface area contributed by atoms with E-state index in [-0.39, 0.29) is 11.6 Å². The number of rotatable bonds is 9. The number of carbonyl (C=O) groups excluding carboxylic acids is 1. The molecule has 148 valence electrons. The van der Waals surface area contributed by atoms with Gasteiger partial charge in [-0.2, -0.15) is 0 Å². The average molecular weight is 375 g/mol. The van der Waals surface area contributed by atoms with Crippen LogP contribution in [0.2, 0.25) is 0 Å². The molecule has 7 nitrogen and oxygen atoms in total. The number of nitro groups is 1. The molecular formula is C20H29N3O4. The van der Waals surface area contributed by atoms with E-state index in [1.165, 1.54) is 70.3 Å². The van der Waals surface area contributed by atoms with Crippen LogP contribution in [-0.2, 0) is 4.79 Å². The van der Waals surface area contributed by atoms with Crippen molar-refractivity contribution in [2.75, 3.05) is 25.5 Å². The summed E-state index contributed by atoms with van der Waals surface area (Å²) in [5, 5.41) is 13.8. The molecule has 0 aliphatic heterocycles. The molecule has 0 heterocycles. The largest absolute Gasteiger partial charge is 0.495 e. The molecular weight excluding hydrogens is 346 g/mol. The second-order valence-corrected chi connectivity index (χ2v) is 7.67. The molecule has 2 saturated carbocycles. The van der Waals surface area contributed by atoms with Crippen molar-refractivity contribution in [3.63, 3.8) is 0 Å². The Morgan fingerprint density at radius 3 is 2.63 bits per heavy atom. The number of non-ortho nitro benzene ring substituents is 1. The van der Waals surface area contributed by atoms with E-state index in [9.17, 15) is 14.9 Å². The number of nitrogens with zero attached hydrogens (tertiary/aromatic N) is 2. The number of amides is 1. The van der Waals surface area contributed by atoms with E-state index in [1.54, 1.807) is 0 Å². The number of ether oxygens (including phenoxy) is 1. The number of carbonyl (C=O) groups is 1. The summed E-state index contributed by atoms with van der Waals surface area (Å²) in [4.78, 5) is 25.4. The molecule has 0 saturated heterocycles. The van der Waals surface area contributed by atoms with Gasteiger partial charge < -0.3 is 10.1 Å².